The summed E-state index contributed by atoms with van der Waals surface area (Å²) >= 11 is 0. The fourth-order valence-electron chi connectivity index (χ4n) is 1.63. The Morgan fingerprint density at radius 2 is 2.00 bits per heavy atom. The zero-order chi connectivity index (χ0) is 13.2. The van der Waals surface area contributed by atoms with Crippen LogP contribution in [0.5, 0.6) is 0 Å². The van der Waals surface area contributed by atoms with Gasteiger partial charge in [0.2, 0.25) is 0 Å². The van der Waals surface area contributed by atoms with Gasteiger partial charge in [-0.2, -0.15) is 13.2 Å². The average Bonchev–Trinajstić information content (AvgIpc) is 2.18. The standard InChI is InChI=1S/C12H13F3O2/c1-7-4-3-5-10(12(13,14)15)9(7)6-8(2)11(16)17/h3-5,8H,6H2,1-2H3,(H,16,17). The van der Waals surface area contributed by atoms with E-state index in [0.29, 0.717) is 5.56 Å². The molecule has 0 amide bonds. The van der Waals surface area contributed by atoms with E-state index in [1.807, 2.05) is 0 Å². The van der Waals surface area contributed by atoms with Crippen molar-refractivity contribution < 1.29 is 23.1 Å². The SMILES string of the molecule is Cc1cccc(C(F)(F)F)c1CC(C)C(=O)O. The Morgan fingerprint density at radius 3 is 2.47 bits per heavy atom. The molecule has 1 rings (SSSR count). The zero-order valence-electron chi connectivity index (χ0n) is 9.51. The summed E-state index contributed by atoms with van der Waals surface area (Å²) in [7, 11) is 0. The molecule has 94 valence electrons. The minimum Gasteiger partial charge on any atom is -0.481 e. The van der Waals surface area contributed by atoms with Crippen molar-refractivity contribution in [3.8, 4) is 0 Å². The topological polar surface area (TPSA) is 37.3 Å². The summed E-state index contributed by atoms with van der Waals surface area (Å²) in [6, 6.07) is 3.86. The summed E-state index contributed by atoms with van der Waals surface area (Å²) in [5.74, 6) is -1.93. The highest BCUT2D eigenvalue weighted by atomic mass is 19.4. The van der Waals surface area contributed by atoms with E-state index in [-0.39, 0.29) is 12.0 Å². The number of carboxylic acid groups (broad SMARTS) is 1. The molecule has 0 saturated heterocycles. The summed E-state index contributed by atoms with van der Waals surface area (Å²) < 4.78 is 38.2. The van der Waals surface area contributed by atoms with Gasteiger partial charge in [0, 0.05) is 0 Å². The van der Waals surface area contributed by atoms with Gasteiger partial charge in [0.15, 0.2) is 0 Å². The third-order valence-electron chi connectivity index (χ3n) is 2.65. The van der Waals surface area contributed by atoms with Crippen molar-refractivity contribution in [2.75, 3.05) is 0 Å². The molecule has 0 aliphatic rings. The minimum atomic E-state index is -4.44. The Hall–Kier alpha value is -1.52. The van der Waals surface area contributed by atoms with Crippen LogP contribution < -0.4 is 0 Å². The van der Waals surface area contributed by atoms with E-state index >= 15 is 0 Å². The van der Waals surface area contributed by atoms with Crippen LogP contribution in [0, 0.1) is 12.8 Å². The van der Waals surface area contributed by atoms with Crippen LogP contribution in [-0.2, 0) is 17.4 Å². The van der Waals surface area contributed by atoms with Crippen LogP contribution >= 0.6 is 0 Å². The van der Waals surface area contributed by atoms with Crippen LogP contribution in [0.3, 0.4) is 0 Å². The summed E-state index contributed by atoms with van der Waals surface area (Å²) in [6.45, 7) is 2.95. The second-order valence-corrected chi connectivity index (χ2v) is 4.04. The minimum absolute atomic E-state index is 0.0647. The van der Waals surface area contributed by atoms with Crippen LogP contribution in [-0.4, -0.2) is 11.1 Å². The zero-order valence-corrected chi connectivity index (χ0v) is 9.51. The third-order valence-corrected chi connectivity index (χ3v) is 2.65. The molecule has 0 bridgehead atoms. The first-order valence-electron chi connectivity index (χ1n) is 5.12. The highest BCUT2D eigenvalue weighted by molar-refractivity contribution is 5.70. The quantitative estimate of drug-likeness (QED) is 0.888. The number of hydrogen-bond acceptors (Lipinski definition) is 1. The van der Waals surface area contributed by atoms with Crippen LogP contribution in [0.1, 0.15) is 23.6 Å². The number of aryl methyl sites for hydroxylation is 1. The van der Waals surface area contributed by atoms with Crippen molar-refractivity contribution in [3.63, 3.8) is 0 Å². The molecular formula is C12H13F3O2. The lowest BCUT2D eigenvalue weighted by atomic mass is 9.93. The Bertz CT molecular complexity index is 424. The van der Waals surface area contributed by atoms with Gasteiger partial charge in [-0.15, -0.1) is 0 Å². The molecule has 1 N–H and O–H groups in total. The Labute approximate surface area is 97.1 Å². The van der Waals surface area contributed by atoms with Crippen LogP contribution in [0.4, 0.5) is 13.2 Å². The van der Waals surface area contributed by atoms with Gasteiger partial charge in [0.05, 0.1) is 11.5 Å². The monoisotopic (exact) mass is 246 g/mol. The second kappa shape index (κ2) is 4.77. The molecule has 1 aromatic rings. The molecule has 5 heteroatoms. The van der Waals surface area contributed by atoms with E-state index < -0.39 is 23.6 Å². The first-order valence-corrected chi connectivity index (χ1v) is 5.12. The number of halogens is 3. The molecule has 1 unspecified atom stereocenters. The Morgan fingerprint density at radius 1 is 1.41 bits per heavy atom. The number of carbonyl (C=O) groups is 1. The number of hydrogen-bond donors (Lipinski definition) is 1. The lowest BCUT2D eigenvalue weighted by Crippen LogP contribution is -2.17. The molecule has 1 aromatic carbocycles. The van der Waals surface area contributed by atoms with E-state index in [2.05, 4.69) is 0 Å². The predicted molar refractivity (Wildman–Crippen MR) is 56.7 cm³/mol. The molecule has 0 aliphatic carbocycles. The second-order valence-electron chi connectivity index (χ2n) is 4.04. The third kappa shape index (κ3) is 3.22. The normalized spacial score (nSPS) is 13.5. The molecule has 1 atom stereocenters. The van der Waals surface area contributed by atoms with Gasteiger partial charge >= 0.3 is 12.1 Å². The highest BCUT2D eigenvalue weighted by Gasteiger charge is 2.34. The van der Waals surface area contributed by atoms with Gasteiger partial charge in [-0.05, 0) is 30.5 Å². The maximum Gasteiger partial charge on any atom is 0.416 e. The maximum atomic E-state index is 12.7. The fourth-order valence-corrected chi connectivity index (χ4v) is 1.63. The van der Waals surface area contributed by atoms with Gasteiger partial charge in [0.1, 0.15) is 0 Å². The number of aliphatic carboxylic acids is 1. The largest absolute Gasteiger partial charge is 0.481 e. The van der Waals surface area contributed by atoms with Crippen LogP contribution in [0.2, 0.25) is 0 Å². The lowest BCUT2D eigenvalue weighted by molar-refractivity contribution is -0.142. The summed E-state index contributed by atoms with van der Waals surface area (Å²) in [5, 5.41) is 8.75. The van der Waals surface area contributed by atoms with Crippen molar-refractivity contribution in [2.45, 2.75) is 26.4 Å². The maximum absolute atomic E-state index is 12.7. The highest BCUT2D eigenvalue weighted by Crippen LogP contribution is 2.34. The first kappa shape index (κ1) is 13.5. The molecule has 0 spiro atoms. The van der Waals surface area contributed by atoms with E-state index in [0.717, 1.165) is 6.07 Å². The van der Waals surface area contributed by atoms with Crippen LogP contribution in [0.25, 0.3) is 0 Å². The molecule has 0 aliphatic heterocycles. The van der Waals surface area contributed by atoms with Crippen molar-refractivity contribution in [1.29, 1.82) is 0 Å². The van der Waals surface area contributed by atoms with Crippen molar-refractivity contribution in [1.82, 2.24) is 0 Å². The predicted octanol–water partition coefficient (Wildman–Crippen LogP) is 3.28. The number of benzene rings is 1. The Balaban J connectivity index is 3.17. The number of carboxylic acids is 1. The number of alkyl halides is 3. The fraction of sp³-hybridized carbons (Fsp3) is 0.417. The number of rotatable bonds is 3. The van der Waals surface area contributed by atoms with Gasteiger partial charge in [-0.25, -0.2) is 0 Å². The van der Waals surface area contributed by atoms with E-state index in [1.54, 1.807) is 13.0 Å². The van der Waals surface area contributed by atoms with E-state index in [4.69, 9.17) is 5.11 Å². The van der Waals surface area contributed by atoms with Crippen molar-refractivity contribution in [3.05, 3.63) is 34.9 Å². The van der Waals surface area contributed by atoms with Gasteiger partial charge in [-0.3, -0.25) is 4.79 Å². The molecule has 0 heterocycles. The van der Waals surface area contributed by atoms with Crippen LogP contribution in [0.15, 0.2) is 18.2 Å². The van der Waals surface area contributed by atoms with Gasteiger partial charge < -0.3 is 5.11 Å². The summed E-state index contributed by atoms with van der Waals surface area (Å²) in [5.41, 5.74) is -0.214. The molecule has 17 heavy (non-hydrogen) atoms. The lowest BCUT2D eigenvalue weighted by Gasteiger charge is -2.16. The van der Waals surface area contributed by atoms with Gasteiger partial charge in [0.25, 0.3) is 0 Å². The first-order chi connectivity index (χ1) is 7.73. The smallest absolute Gasteiger partial charge is 0.416 e. The average molecular weight is 246 g/mol. The summed E-state index contributed by atoms with van der Waals surface area (Å²) in [6.07, 6.45) is -4.56. The van der Waals surface area contributed by atoms with E-state index in [9.17, 15) is 18.0 Å². The molecule has 0 fully saturated rings. The van der Waals surface area contributed by atoms with Crippen molar-refractivity contribution in [2.24, 2.45) is 5.92 Å². The van der Waals surface area contributed by atoms with Gasteiger partial charge in [-0.1, -0.05) is 19.1 Å². The Kier molecular flexibility index (Phi) is 3.80. The molecule has 2 nitrogen and oxygen atoms in total. The molecule has 0 radical (unpaired) electrons. The molecule has 0 saturated carbocycles. The molecule has 0 aromatic heterocycles. The molecular weight excluding hydrogens is 233 g/mol. The van der Waals surface area contributed by atoms with E-state index in [1.165, 1.54) is 13.0 Å². The van der Waals surface area contributed by atoms with Crippen molar-refractivity contribution >= 4 is 5.97 Å². The summed E-state index contributed by atoms with van der Waals surface area (Å²) in [4.78, 5) is 10.7.